The summed E-state index contributed by atoms with van der Waals surface area (Å²) in [5, 5.41) is 9.90. The molecule has 1 N–H and O–H groups in total. The van der Waals surface area contributed by atoms with Gasteiger partial charge in [-0.1, -0.05) is 5.16 Å². The largest absolute Gasteiger partial charge is 0.337 e. The third-order valence-corrected chi connectivity index (χ3v) is 4.97. The molecule has 0 radical (unpaired) electrons. The lowest BCUT2D eigenvalue weighted by molar-refractivity contribution is -0.131. The van der Waals surface area contributed by atoms with Crippen LogP contribution in [0, 0.1) is 11.6 Å². The number of nitrogens with zero attached hydrogens (tertiary/aromatic N) is 3. The van der Waals surface area contributed by atoms with Crippen LogP contribution >= 0.6 is 11.3 Å². The van der Waals surface area contributed by atoms with Gasteiger partial charge in [-0.25, -0.2) is 13.6 Å². The average molecular weight is 390 g/mol. The standard InChI is InChI=1S/C17H12F2N4O3S/c1-17(11-6-10(18)2-3-12(11)19)15(24)23(16(25)21-17)7-13-20-14(22-26-13)9-4-5-27-8-9/h2-6,8H,7H2,1H3,(H,21,25)/t17-/m0/s1. The van der Waals surface area contributed by atoms with Crippen molar-refractivity contribution >= 4 is 23.3 Å². The number of benzene rings is 1. The summed E-state index contributed by atoms with van der Waals surface area (Å²) < 4.78 is 32.8. The molecule has 138 valence electrons. The van der Waals surface area contributed by atoms with Crippen molar-refractivity contribution in [3.63, 3.8) is 0 Å². The highest BCUT2D eigenvalue weighted by molar-refractivity contribution is 7.08. The number of rotatable bonds is 4. The third kappa shape index (κ3) is 2.87. The second-order valence-electron chi connectivity index (χ2n) is 6.09. The first-order valence-electron chi connectivity index (χ1n) is 7.83. The van der Waals surface area contributed by atoms with Gasteiger partial charge in [0.25, 0.3) is 5.91 Å². The highest BCUT2D eigenvalue weighted by atomic mass is 32.1. The van der Waals surface area contributed by atoms with Gasteiger partial charge < -0.3 is 9.84 Å². The molecule has 3 amide bonds. The van der Waals surface area contributed by atoms with Crippen LogP contribution in [0.5, 0.6) is 0 Å². The van der Waals surface area contributed by atoms with Gasteiger partial charge in [0.1, 0.15) is 23.7 Å². The van der Waals surface area contributed by atoms with E-state index in [0.717, 1.165) is 28.7 Å². The van der Waals surface area contributed by atoms with E-state index < -0.39 is 29.1 Å². The number of amides is 3. The van der Waals surface area contributed by atoms with Crippen molar-refractivity contribution in [2.75, 3.05) is 0 Å². The molecule has 2 aromatic heterocycles. The predicted molar refractivity (Wildman–Crippen MR) is 90.4 cm³/mol. The van der Waals surface area contributed by atoms with E-state index in [-0.39, 0.29) is 18.0 Å². The Balaban J connectivity index is 1.61. The molecule has 0 spiro atoms. The Morgan fingerprint density at radius 3 is 2.85 bits per heavy atom. The number of aromatic nitrogens is 2. The highest BCUT2D eigenvalue weighted by Crippen LogP contribution is 2.32. The molecule has 27 heavy (non-hydrogen) atoms. The lowest BCUT2D eigenvalue weighted by Gasteiger charge is -2.22. The molecule has 1 aliphatic heterocycles. The topological polar surface area (TPSA) is 88.3 Å². The second kappa shape index (κ2) is 6.23. The smallest absolute Gasteiger partial charge is 0.325 e. The molecule has 1 atom stereocenters. The first kappa shape index (κ1) is 17.3. The summed E-state index contributed by atoms with van der Waals surface area (Å²) >= 11 is 1.46. The van der Waals surface area contributed by atoms with Gasteiger partial charge in [0.15, 0.2) is 0 Å². The molecule has 3 heterocycles. The Kier molecular flexibility index (Phi) is 3.99. The fraction of sp³-hybridized carbons (Fsp3) is 0.176. The minimum atomic E-state index is -1.74. The van der Waals surface area contributed by atoms with Crippen molar-refractivity contribution in [3.05, 3.63) is 58.1 Å². The number of thiophene rings is 1. The predicted octanol–water partition coefficient (Wildman–Crippen LogP) is 3.04. The van der Waals surface area contributed by atoms with Crippen LogP contribution in [-0.2, 0) is 16.9 Å². The quantitative estimate of drug-likeness (QED) is 0.692. The Morgan fingerprint density at radius 2 is 2.11 bits per heavy atom. The molecule has 0 aliphatic carbocycles. The molecule has 1 fully saturated rings. The number of urea groups is 1. The maximum absolute atomic E-state index is 14.2. The van der Waals surface area contributed by atoms with Crippen LogP contribution in [0.1, 0.15) is 18.4 Å². The number of nitrogens with one attached hydrogen (secondary N) is 1. The van der Waals surface area contributed by atoms with E-state index in [0.29, 0.717) is 5.82 Å². The molecule has 0 unspecified atom stereocenters. The lowest BCUT2D eigenvalue weighted by Crippen LogP contribution is -2.41. The number of hydrogen-bond acceptors (Lipinski definition) is 6. The molecule has 10 heteroatoms. The molecule has 1 aromatic carbocycles. The van der Waals surface area contributed by atoms with Crippen LogP contribution in [0.4, 0.5) is 13.6 Å². The van der Waals surface area contributed by atoms with E-state index in [2.05, 4.69) is 15.5 Å². The van der Waals surface area contributed by atoms with Gasteiger partial charge in [-0.05, 0) is 36.6 Å². The van der Waals surface area contributed by atoms with Crippen LogP contribution in [-0.4, -0.2) is 27.0 Å². The molecule has 7 nitrogen and oxygen atoms in total. The number of hydrogen-bond donors (Lipinski definition) is 1. The Morgan fingerprint density at radius 1 is 1.30 bits per heavy atom. The molecule has 1 aliphatic rings. The van der Waals surface area contributed by atoms with E-state index in [4.69, 9.17) is 4.52 Å². The molecule has 1 saturated heterocycles. The van der Waals surface area contributed by atoms with E-state index in [1.54, 1.807) is 6.07 Å². The zero-order chi connectivity index (χ0) is 19.2. The maximum atomic E-state index is 14.2. The van der Waals surface area contributed by atoms with Crippen LogP contribution in [0.25, 0.3) is 11.4 Å². The van der Waals surface area contributed by atoms with Crippen LogP contribution in [0.2, 0.25) is 0 Å². The number of halogens is 2. The summed E-state index contributed by atoms with van der Waals surface area (Å²) in [5.41, 5.74) is -1.24. The molecule has 0 saturated carbocycles. The molecular formula is C17H12F2N4O3S. The zero-order valence-corrected chi connectivity index (χ0v) is 14.7. The van der Waals surface area contributed by atoms with Gasteiger partial charge in [0.05, 0.1) is 0 Å². The second-order valence-corrected chi connectivity index (χ2v) is 6.87. The van der Waals surface area contributed by atoms with Crippen molar-refractivity contribution in [1.82, 2.24) is 20.4 Å². The van der Waals surface area contributed by atoms with Crippen molar-refractivity contribution < 1.29 is 22.9 Å². The molecular weight excluding hydrogens is 378 g/mol. The van der Waals surface area contributed by atoms with E-state index in [1.807, 2.05) is 10.8 Å². The highest BCUT2D eigenvalue weighted by Gasteiger charge is 2.50. The van der Waals surface area contributed by atoms with E-state index in [1.165, 1.54) is 18.3 Å². The fourth-order valence-electron chi connectivity index (χ4n) is 2.87. The monoisotopic (exact) mass is 390 g/mol. The van der Waals surface area contributed by atoms with Crippen LogP contribution in [0.3, 0.4) is 0 Å². The van der Waals surface area contributed by atoms with Gasteiger partial charge in [0, 0.05) is 16.5 Å². The summed E-state index contributed by atoms with van der Waals surface area (Å²) in [6.45, 7) is 1.03. The zero-order valence-electron chi connectivity index (χ0n) is 13.9. The van der Waals surface area contributed by atoms with Crippen LogP contribution in [0.15, 0.2) is 39.5 Å². The summed E-state index contributed by atoms with van der Waals surface area (Å²) in [6, 6.07) is 3.77. The van der Waals surface area contributed by atoms with E-state index >= 15 is 0 Å². The number of carbonyl (C=O) groups is 2. The summed E-state index contributed by atoms with van der Waals surface area (Å²) in [6.07, 6.45) is 0. The SMILES string of the molecule is C[C@@]1(c2cc(F)ccc2F)NC(=O)N(Cc2nc(-c3ccsc3)no2)C1=O. The first-order chi connectivity index (χ1) is 12.9. The normalized spacial score (nSPS) is 19.6. The summed E-state index contributed by atoms with van der Waals surface area (Å²) in [7, 11) is 0. The Hall–Kier alpha value is -3.14. The van der Waals surface area contributed by atoms with Crippen molar-refractivity contribution in [2.24, 2.45) is 0 Å². The van der Waals surface area contributed by atoms with Gasteiger partial charge in [0.2, 0.25) is 11.7 Å². The van der Waals surface area contributed by atoms with Gasteiger partial charge in [-0.3, -0.25) is 9.69 Å². The average Bonchev–Trinajstić information content (AvgIpc) is 3.35. The van der Waals surface area contributed by atoms with Crippen molar-refractivity contribution in [2.45, 2.75) is 19.0 Å². The van der Waals surface area contributed by atoms with Gasteiger partial charge in [-0.2, -0.15) is 16.3 Å². The maximum Gasteiger partial charge on any atom is 0.325 e. The van der Waals surface area contributed by atoms with E-state index in [9.17, 15) is 18.4 Å². The summed E-state index contributed by atoms with van der Waals surface area (Å²) in [4.78, 5) is 30.1. The lowest BCUT2D eigenvalue weighted by atomic mass is 9.91. The fourth-order valence-corrected chi connectivity index (χ4v) is 3.50. The minimum Gasteiger partial charge on any atom is -0.337 e. The molecule has 4 rings (SSSR count). The third-order valence-electron chi connectivity index (χ3n) is 4.28. The Bertz CT molecular complexity index is 1040. The first-order valence-corrected chi connectivity index (χ1v) is 8.77. The number of imide groups is 1. The molecule has 3 aromatic rings. The number of carbonyl (C=O) groups excluding carboxylic acids is 2. The van der Waals surface area contributed by atoms with Gasteiger partial charge >= 0.3 is 6.03 Å². The van der Waals surface area contributed by atoms with Crippen molar-refractivity contribution in [3.8, 4) is 11.4 Å². The van der Waals surface area contributed by atoms with Crippen LogP contribution < -0.4 is 5.32 Å². The van der Waals surface area contributed by atoms with Crippen molar-refractivity contribution in [1.29, 1.82) is 0 Å². The summed E-state index contributed by atoms with van der Waals surface area (Å²) in [5.74, 6) is -1.88. The minimum absolute atomic E-state index is 0.0451. The molecule has 0 bridgehead atoms. The Labute approximate surface area is 155 Å². The van der Waals surface area contributed by atoms with Gasteiger partial charge in [-0.15, -0.1) is 0 Å².